The van der Waals surface area contributed by atoms with Crippen molar-refractivity contribution < 1.29 is 4.74 Å². The maximum atomic E-state index is 5.42. The average Bonchev–Trinajstić information content (AvgIpc) is 2.83. The fourth-order valence-corrected chi connectivity index (χ4v) is 1.47. The molecule has 11 heavy (non-hydrogen) atoms. The van der Waals surface area contributed by atoms with Gasteiger partial charge in [-0.2, -0.15) is 0 Å². The summed E-state index contributed by atoms with van der Waals surface area (Å²) in [6.45, 7) is 2.24. The molecule has 1 aliphatic heterocycles. The van der Waals surface area contributed by atoms with Crippen LogP contribution in [0.2, 0.25) is 0 Å². The minimum Gasteiger partial charge on any atom is -0.459 e. The molecule has 1 heteroatoms. The van der Waals surface area contributed by atoms with Crippen molar-refractivity contribution in [3.05, 3.63) is 11.5 Å². The van der Waals surface area contributed by atoms with Crippen molar-refractivity contribution in [2.24, 2.45) is 5.92 Å². The van der Waals surface area contributed by atoms with Crippen LogP contribution in [-0.2, 0) is 4.74 Å². The normalized spacial score (nSPS) is 21.9. The first-order valence-electron chi connectivity index (χ1n) is 4.82. The topological polar surface area (TPSA) is 12.5 Å². The van der Waals surface area contributed by atoms with Crippen molar-refractivity contribution in [2.75, 3.05) is 0 Å². The van der Waals surface area contributed by atoms with Crippen LogP contribution in [0.1, 0.15) is 45.4 Å². The molecule has 0 saturated heterocycles. The van der Waals surface area contributed by atoms with E-state index < -0.39 is 0 Å². The Bertz CT molecular complexity index is 177. The molecule has 0 aromatic heterocycles. The van der Waals surface area contributed by atoms with E-state index in [1.807, 2.05) is 0 Å². The number of allylic oxidation sites excluding steroid dienone is 2. The molecule has 2 aliphatic rings. The zero-order valence-corrected chi connectivity index (χ0v) is 7.23. The Hall–Kier alpha value is -0.460. The van der Waals surface area contributed by atoms with Gasteiger partial charge in [0.1, 0.15) is 11.5 Å². The summed E-state index contributed by atoms with van der Waals surface area (Å²) in [5.74, 6) is 3.55. The average molecular weight is 152 g/mol. The highest BCUT2D eigenvalue weighted by molar-refractivity contribution is 5.23. The van der Waals surface area contributed by atoms with E-state index >= 15 is 0 Å². The highest BCUT2D eigenvalue weighted by atomic mass is 16.6. The van der Waals surface area contributed by atoms with E-state index in [1.54, 1.807) is 0 Å². The Morgan fingerprint density at radius 2 is 2.18 bits per heavy atom. The van der Waals surface area contributed by atoms with Crippen LogP contribution in [-0.4, -0.2) is 0 Å². The van der Waals surface area contributed by atoms with E-state index in [-0.39, 0.29) is 0 Å². The first kappa shape index (κ1) is 7.20. The molecule has 1 nitrogen and oxygen atoms in total. The van der Waals surface area contributed by atoms with Crippen LogP contribution in [0, 0.1) is 5.92 Å². The fourth-order valence-electron chi connectivity index (χ4n) is 1.47. The van der Waals surface area contributed by atoms with E-state index in [2.05, 4.69) is 6.92 Å². The third-order valence-electron chi connectivity index (χ3n) is 2.42. The van der Waals surface area contributed by atoms with Crippen LogP contribution in [0.5, 0.6) is 0 Å². The summed E-state index contributed by atoms with van der Waals surface area (Å²) in [6.07, 6.45) is 7.96. The van der Waals surface area contributed by atoms with Crippen LogP contribution >= 0.6 is 0 Å². The van der Waals surface area contributed by atoms with Crippen molar-refractivity contribution in [2.45, 2.75) is 45.4 Å². The monoisotopic (exact) mass is 152 g/mol. The predicted octanol–water partition coefficient (Wildman–Crippen LogP) is 3.22. The molecule has 0 bridgehead atoms. The lowest BCUT2D eigenvalue weighted by molar-refractivity contribution is 0.430. The molecular formula is C10H16O. The van der Waals surface area contributed by atoms with Gasteiger partial charge in [-0.25, -0.2) is 0 Å². The summed E-state index contributed by atoms with van der Waals surface area (Å²) >= 11 is 0. The second-order valence-electron chi connectivity index (χ2n) is 3.62. The second-order valence-corrected chi connectivity index (χ2v) is 3.62. The smallest absolute Gasteiger partial charge is 0.145 e. The third kappa shape index (κ3) is 1.76. The van der Waals surface area contributed by atoms with Crippen molar-refractivity contribution in [1.82, 2.24) is 0 Å². The molecule has 62 valence electrons. The molecule has 0 spiro atoms. The lowest BCUT2D eigenvalue weighted by Crippen LogP contribution is -1.72. The largest absolute Gasteiger partial charge is 0.459 e. The van der Waals surface area contributed by atoms with Crippen LogP contribution in [0.3, 0.4) is 0 Å². The van der Waals surface area contributed by atoms with E-state index in [0.717, 1.165) is 5.92 Å². The number of rotatable bonds is 5. The first-order chi connectivity index (χ1) is 5.42. The van der Waals surface area contributed by atoms with E-state index in [1.165, 1.54) is 50.0 Å². The molecule has 1 heterocycles. The van der Waals surface area contributed by atoms with E-state index in [4.69, 9.17) is 4.74 Å². The van der Waals surface area contributed by atoms with Crippen LogP contribution < -0.4 is 0 Å². The molecule has 0 radical (unpaired) electrons. The zero-order chi connectivity index (χ0) is 7.68. The lowest BCUT2D eigenvalue weighted by atomic mass is 10.2. The maximum Gasteiger partial charge on any atom is 0.145 e. The summed E-state index contributed by atoms with van der Waals surface area (Å²) in [4.78, 5) is 0. The SMILES string of the molecule is CCCCCC1=C(C2CC2)O1. The Labute approximate surface area is 68.4 Å². The minimum absolute atomic E-state index is 0.853. The molecule has 0 unspecified atom stereocenters. The number of hydrogen-bond donors (Lipinski definition) is 0. The molecule has 0 N–H and O–H groups in total. The maximum absolute atomic E-state index is 5.42. The van der Waals surface area contributed by atoms with Gasteiger partial charge in [-0.15, -0.1) is 0 Å². The number of hydrogen-bond acceptors (Lipinski definition) is 1. The lowest BCUT2D eigenvalue weighted by Gasteiger charge is -1.88. The molecule has 1 fully saturated rings. The second kappa shape index (κ2) is 2.88. The summed E-state index contributed by atoms with van der Waals surface area (Å²) in [5, 5.41) is 0. The number of ether oxygens (including phenoxy) is 1. The molecule has 0 aromatic carbocycles. The summed E-state index contributed by atoms with van der Waals surface area (Å²) < 4.78 is 5.42. The molecular weight excluding hydrogens is 136 g/mol. The predicted molar refractivity (Wildman–Crippen MR) is 45.0 cm³/mol. The van der Waals surface area contributed by atoms with Gasteiger partial charge in [0.25, 0.3) is 0 Å². The van der Waals surface area contributed by atoms with Gasteiger partial charge in [0, 0.05) is 12.3 Å². The minimum atomic E-state index is 0.853. The van der Waals surface area contributed by atoms with Gasteiger partial charge in [0.2, 0.25) is 0 Å². The van der Waals surface area contributed by atoms with Crippen LogP contribution in [0.15, 0.2) is 11.5 Å². The Morgan fingerprint density at radius 1 is 1.36 bits per heavy atom. The highest BCUT2D eigenvalue weighted by Gasteiger charge is 2.38. The van der Waals surface area contributed by atoms with Crippen molar-refractivity contribution in [1.29, 1.82) is 0 Å². The van der Waals surface area contributed by atoms with Gasteiger partial charge in [0.05, 0.1) is 0 Å². The molecule has 0 atom stereocenters. The molecule has 0 amide bonds. The number of unbranched alkanes of at least 4 members (excludes halogenated alkanes) is 2. The van der Waals surface area contributed by atoms with Gasteiger partial charge in [-0.05, 0) is 19.3 Å². The molecule has 0 aromatic rings. The molecule has 2 rings (SSSR count). The molecule has 1 saturated carbocycles. The third-order valence-corrected chi connectivity index (χ3v) is 2.42. The van der Waals surface area contributed by atoms with Gasteiger partial charge in [0.15, 0.2) is 0 Å². The van der Waals surface area contributed by atoms with Gasteiger partial charge >= 0.3 is 0 Å². The van der Waals surface area contributed by atoms with E-state index in [9.17, 15) is 0 Å². The van der Waals surface area contributed by atoms with Crippen LogP contribution in [0.4, 0.5) is 0 Å². The standard InChI is InChI=1S/C10H16O/c1-2-3-4-5-9-10(11-9)8-6-7-8/h8H,2-7H2,1H3. The summed E-state index contributed by atoms with van der Waals surface area (Å²) in [5.41, 5.74) is 0. The quantitative estimate of drug-likeness (QED) is 0.551. The fraction of sp³-hybridized carbons (Fsp3) is 0.800. The van der Waals surface area contributed by atoms with Crippen LogP contribution in [0.25, 0.3) is 0 Å². The highest BCUT2D eigenvalue weighted by Crippen LogP contribution is 2.48. The first-order valence-corrected chi connectivity index (χ1v) is 4.82. The Balaban J connectivity index is 1.64. The summed E-state index contributed by atoms with van der Waals surface area (Å²) in [7, 11) is 0. The van der Waals surface area contributed by atoms with Crippen molar-refractivity contribution >= 4 is 0 Å². The Morgan fingerprint density at radius 3 is 2.82 bits per heavy atom. The summed E-state index contributed by atoms with van der Waals surface area (Å²) in [6, 6.07) is 0. The zero-order valence-electron chi connectivity index (χ0n) is 7.23. The van der Waals surface area contributed by atoms with E-state index in [0.29, 0.717) is 0 Å². The van der Waals surface area contributed by atoms with Gasteiger partial charge < -0.3 is 4.74 Å². The van der Waals surface area contributed by atoms with Crippen molar-refractivity contribution in [3.63, 3.8) is 0 Å². The Kier molecular flexibility index (Phi) is 1.89. The van der Waals surface area contributed by atoms with Gasteiger partial charge in [-0.3, -0.25) is 0 Å². The molecule has 1 aliphatic carbocycles. The van der Waals surface area contributed by atoms with Crippen molar-refractivity contribution in [3.8, 4) is 0 Å². The van der Waals surface area contributed by atoms with Gasteiger partial charge in [-0.1, -0.05) is 19.8 Å².